The van der Waals surface area contributed by atoms with Crippen LogP contribution in [-0.4, -0.2) is 36.4 Å². The maximum atomic E-state index is 13.6. The van der Waals surface area contributed by atoms with Crippen molar-refractivity contribution >= 4 is 16.8 Å². The molecule has 1 aromatic heterocycles. The minimum absolute atomic E-state index is 0.0634. The molecule has 5 heteroatoms. The van der Waals surface area contributed by atoms with Gasteiger partial charge in [-0.2, -0.15) is 0 Å². The fraction of sp³-hybridized carbons (Fsp3) is 0.304. The molecular weight excluding hydrogens is 353 g/mol. The molecule has 1 amide bonds. The van der Waals surface area contributed by atoms with Crippen LogP contribution >= 0.6 is 0 Å². The lowest BCUT2D eigenvalue weighted by molar-refractivity contribution is -0.120. The second kappa shape index (κ2) is 8.48. The maximum Gasteiger partial charge on any atom is 0.224 e. The topological polar surface area (TPSA) is 45.2 Å². The number of carbonyl (C=O) groups excluding carboxylic acids is 1. The lowest BCUT2D eigenvalue weighted by Gasteiger charge is -2.25. The number of benzene rings is 2. The van der Waals surface area contributed by atoms with Crippen LogP contribution < -0.4 is 5.32 Å². The Morgan fingerprint density at radius 2 is 1.89 bits per heavy atom. The lowest BCUT2D eigenvalue weighted by atomic mass is 9.99. The number of nitrogens with zero attached hydrogens (tertiary/aromatic N) is 2. The first kappa shape index (κ1) is 20.0. The van der Waals surface area contributed by atoms with Crippen LogP contribution in [0.3, 0.4) is 0 Å². The Labute approximate surface area is 165 Å². The van der Waals surface area contributed by atoms with Gasteiger partial charge in [0.25, 0.3) is 0 Å². The number of hydrogen-bond donors (Lipinski definition) is 1. The highest BCUT2D eigenvalue weighted by Crippen LogP contribution is 2.23. The number of fused-ring (bicyclic) bond motifs is 1. The van der Waals surface area contributed by atoms with Crippen molar-refractivity contribution in [2.75, 3.05) is 20.6 Å². The van der Waals surface area contributed by atoms with Gasteiger partial charge in [-0.1, -0.05) is 30.3 Å². The largest absolute Gasteiger partial charge is 0.354 e. The van der Waals surface area contributed by atoms with Gasteiger partial charge in [-0.05, 0) is 62.8 Å². The molecule has 0 spiro atoms. The summed E-state index contributed by atoms with van der Waals surface area (Å²) in [7, 11) is 3.84. The van der Waals surface area contributed by atoms with E-state index in [-0.39, 0.29) is 24.2 Å². The molecule has 1 heterocycles. The zero-order chi connectivity index (χ0) is 20.3. The predicted molar refractivity (Wildman–Crippen MR) is 111 cm³/mol. The van der Waals surface area contributed by atoms with E-state index in [1.807, 2.05) is 63.2 Å². The zero-order valence-electron chi connectivity index (χ0n) is 16.8. The third-order valence-corrected chi connectivity index (χ3v) is 5.17. The van der Waals surface area contributed by atoms with Gasteiger partial charge in [0.2, 0.25) is 5.91 Å². The summed E-state index contributed by atoms with van der Waals surface area (Å²) in [6.07, 6.45) is 0.277. The summed E-state index contributed by atoms with van der Waals surface area (Å²) in [6.45, 7) is 4.39. The quantitative estimate of drug-likeness (QED) is 0.705. The van der Waals surface area contributed by atoms with E-state index in [1.165, 1.54) is 12.1 Å². The van der Waals surface area contributed by atoms with Crippen molar-refractivity contribution in [1.82, 2.24) is 15.2 Å². The van der Waals surface area contributed by atoms with E-state index in [9.17, 15) is 9.18 Å². The van der Waals surface area contributed by atoms with Crippen molar-refractivity contribution in [3.63, 3.8) is 0 Å². The van der Waals surface area contributed by atoms with E-state index in [2.05, 4.69) is 10.3 Å². The Morgan fingerprint density at radius 1 is 1.14 bits per heavy atom. The first-order chi connectivity index (χ1) is 13.4. The molecule has 1 atom stereocenters. The number of amides is 1. The number of carbonyl (C=O) groups is 1. The minimum Gasteiger partial charge on any atom is -0.354 e. The van der Waals surface area contributed by atoms with Crippen LogP contribution in [0.4, 0.5) is 4.39 Å². The van der Waals surface area contributed by atoms with Crippen LogP contribution in [0.5, 0.6) is 0 Å². The van der Waals surface area contributed by atoms with E-state index >= 15 is 0 Å². The van der Waals surface area contributed by atoms with Crippen LogP contribution in [0, 0.1) is 19.7 Å². The third-order valence-electron chi connectivity index (χ3n) is 5.17. The number of aryl methyl sites for hydroxylation is 2. The molecule has 0 fully saturated rings. The maximum absolute atomic E-state index is 13.6. The normalized spacial score (nSPS) is 12.4. The van der Waals surface area contributed by atoms with Crippen molar-refractivity contribution in [1.29, 1.82) is 0 Å². The lowest BCUT2D eigenvalue weighted by Crippen LogP contribution is -2.35. The molecule has 1 N–H and O–H groups in total. The predicted octanol–water partition coefficient (Wildman–Crippen LogP) is 3.95. The van der Waals surface area contributed by atoms with E-state index < -0.39 is 0 Å². The number of hydrogen-bond acceptors (Lipinski definition) is 3. The van der Waals surface area contributed by atoms with Crippen LogP contribution in [0.15, 0.2) is 48.5 Å². The zero-order valence-corrected chi connectivity index (χ0v) is 16.8. The van der Waals surface area contributed by atoms with Crippen molar-refractivity contribution < 1.29 is 9.18 Å². The molecular formula is C23H26FN3O. The molecule has 0 saturated carbocycles. The fourth-order valence-electron chi connectivity index (χ4n) is 3.58. The molecule has 3 rings (SSSR count). The average Bonchev–Trinajstić information content (AvgIpc) is 2.65. The number of para-hydroxylation sites is 1. The Kier molecular flexibility index (Phi) is 6.05. The van der Waals surface area contributed by atoms with Crippen LogP contribution in [0.25, 0.3) is 10.9 Å². The molecule has 0 bridgehead atoms. The van der Waals surface area contributed by atoms with E-state index in [0.29, 0.717) is 6.54 Å². The smallest absolute Gasteiger partial charge is 0.224 e. The van der Waals surface area contributed by atoms with Crippen molar-refractivity contribution in [3.8, 4) is 0 Å². The summed E-state index contributed by atoms with van der Waals surface area (Å²) in [5.74, 6) is -0.337. The summed E-state index contributed by atoms with van der Waals surface area (Å²) in [5, 5.41) is 4.07. The molecule has 0 aliphatic heterocycles. The summed E-state index contributed by atoms with van der Waals surface area (Å²) in [4.78, 5) is 19.3. The Hall–Kier alpha value is -2.79. The van der Waals surface area contributed by atoms with E-state index in [0.717, 1.165) is 33.3 Å². The van der Waals surface area contributed by atoms with Crippen molar-refractivity contribution in [3.05, 3.63) is 76.7 Å². The summed E-state index contributed by atoms with van der Waals surface area (Å²) in [6, 6.07) is 14.4. The summed E-state index contributed by atoms with van der Waals surface area (Å²) in [5.41, 5.74) is 4.71. The first-order valence-electron chi connectivity index (χ1n) is 9.40. The molecule has 1 unspecified atom stereocenters. The van der Waals surface area contributed by atoms with Gasteiger partial charge in [0.1, 0.15) is 5.82 Å². The van der Waals surface area contributed by atoms with Gasteiger partial charge >= 0.3 is 0 Å². The van der Waals surface area contributed by atoms with Gasteiger partial charge in [-0.3, -0.25) is 9.78 Å². The Balaban J connectivity index is 1.74. The third kappa shape index (κ3) is 4.37. The number of rotatable bonds is 6. The van der Waals surface area contributed by atoms with Gasteiger partial charge in [0.15, 0.2) is 0 Å². The summed E-state index contributed by atoms with van der Waals surface area (Å²) >= 11 is 0. The van der Waals surface area contributed by atoms with Crippen LogP contribution in [-0.2, 0) is 11.2 Å². The van der Waals surface area contributed by atoms with Crippen molar-refractivity contribution in [2.45, 2.75) is 26.3 Å². The summed E-state index contributed by atoms with van der Waals surface area (Å²) < 4.78 is 13.6. The molecule has 0 saturated heterocycles. The van der Waals surface area contributed by atoms with Gasteiger partial charge in [0.05, 0.1) is 18.0 Å². The molecule has 0 radical (unpaired) electrons. The fourth-order valence-corrected chi connectivity index (χ4v) is 3.58. The van der Waals surface area contributed by atoms with Crippen molar-refractivity contribution in [2.24, 2.45) is 0 Å². The SMILES string of the molecule is Cc1nc2ccccc2c(C)c1CC(=O)NCC(c1cccc(F)c1)N(C)C. The molecule has 4 nitrogen and oxygen atoms in total. The monoisotopic (exact) mass is 379 g/mol. The standard InChI is InChI=1S/C23H26FN3O/c1-15-19-10-5-6-11-21(19)26-16(2)20(15)13-23(28)25-14-22(27(3)4)17-8-7-9-18(24)12-17/h5-12,22H,13-14H2,1-4H3,(H,25,28). The Morgan fingerprint density at radius 3 is 2.61 bits per heavy atom. The van der Waals surface area contributed by atoms with E-state index in [1.54, 1.807) is 6.07 Å². The van der Waals surface area contributed by atoms with Gasteiger partial charge in [0, 0.05) is 17.6 Å². The number of pyridine rings is 1. The Bertz CT molecular complexity index is 1000. The highest BCUT2D eigenvalue weighted by Gasteiger charge is 2.17. The van der Waals surface area contributed by atoms with Gasteiger partial charge in [-0.15, -0.1) is 0 Å². The number of likely N-dealkylation sites (N-methyl/N-ethyl adjacent to an activating group) is 1. The number of aromatic nitrogens is 1. The number of nitrogens with one attached hydrogen (secondary N) is 1. The van der Waals surface area contributed by atoms with Gasteiger partial charge < -0.3 is 10.2 Å². The highest BCUT2D eigenvalue weighted by molar-refractivity contribution is 5.86. The molecule has 146 valence electrons. The number of halogens is 1. The second-order valence-corrected chi connectivity index (χ2v) is 7.33. The van der Waals surface area contributed by atoms with E-state index in [4.69, 9.17) is 0 Å². The second-order valence-electron chi connectivity index (χ2n) is 7.33. The average molecular weight is 379 g/mol. The molecule has 0 aliphatic rings. The van der Waals surface area contributed by atoms with Crippen LogP contribution in [0.2, 0.25) is 0 Å². The van der Waals surface area contributed by atoms with Gasteiger partial charge in [-0.25, -0.2) is 4.39 Å². The molecule has 2 aromatic carbocycles. The van der Waals surface area contributed by atoms with Crippen LogP contribution in [0.1, 0.15) is 28.4 Å². The molecule has 28 heavy (non-hydrogen) atoms. The first-order valence-corrected chi connectivity index (χ1v) is 9.40. The highest BCUT2D eigenvalue weighted by atomic mass is 19.1. The molecule has 3 aromatic rings. The minimum atomic E-state index is -0.274. The molecule has 0 aliphatic carbocycles.